The molecule has 1 aliphatic heterocycles. The summed E-state index contributed by atoms with van der Waals surface area (Å²) >= 11 is 0. The minimum Gasteiger partial charge on any atom is -0.393 e. The van der Waals surface area contributed by atoms with E-state index in [0.29, 0.717) is 25.2 Å². The predicted octanol–water partition coefficient (Wildman–Crippen LogP) is 1.48. The molecule has 2 N–H and O–H groups in total. The van der Waals surface area contributed by atoms with E-state index in [1.54, 1.807) is 24.9 Å². The van der Waals surface area contributed by atoms with Crippen LogP contribution in [0.15, 0.2) is 18.2 Å². The number of rotatable bonds is 4. The van der Waals surface area contributed by atoms with Crippen molar-refractivity contribution in [1.29, 1.82) is 0 Å². The zero-order chi connectivity index (χ0) is 15.6. The minimum atomic E-state index is -0.547. The van der Waals surface area contributed by atoms with Gasteiger partial charge in [-0.2, -0.15) is 0 Å². The summed E-state index contributed by atoms with van der Waals surface area (Å²) in [6, 6.07) is 4.40. The second-order valence-electron chi connectivity index (χ2n) is 5.28. The van der Waals surface area contributed by atoms with Crippen LogP contribution in [0.25, 0.3) is 0 Å². The lowest BCUT2D eigenvalue weighted by Gasteiger charge is -2.18. The van der Waals surface area contributed by atoms with Crippen LogP contribution < -0.4 is 5.32 Å². The van der Waals surface area contributed by atoms with Crippen LogP contribution in [-0.4, -0.2) is 47.1 Å². The molecule has 1 fully saturated rings. The second-order valence-corrected chi connectivity index (χ2v) is 5.28. The first-order valence-electron chi connectivity index (χ1n) is 6.87. The van der Waals surface area contributed by atoms with Crippen LogP contribution in [0.3, 0.4) is 0 Å². The summed E-state index contributed by atoms with van der Waals surface area (Å²) in [7, 11) is 1.69. The number of carbonyl (C=O) groups excluding carboxylic acids is 1. The van der Waals surface area contributed by atoms with Crippen molar-refractivity contribution in [3.63, 3.8) is 0 Å². The van der Waals surface area contributed by atoms with Crippen molar-refractivity contribution in [3.8, 4) is 0 Å². The molecule has 1 amide bonds. The number of nitrogens with zero attached hydrogens (tertiary/aromatic N) is 2. The fraction of sp³-hybridized carbons (Fsp3) is 0.500. The molecule has 0 aliphatic carbocycles. The summed E-state index contributed by atoms with van der Waals surface area (Å²) in [6.45, 7) is 2.63. The van der Waals surface area contributed by atoms with Gasteiger partial charge in [0.25, 0.3) is 11.6 Å². The lowest BCUT2D eigenvalue weighted by molar-refractivity contribution is -0.385. The lowest BCUT2D eigenvalue weighted by Crippen LogP contribution is -2.30. The van der Waals surface area contributed by atoms with E-state index in [1.807, 2.05) is 0 Å². The van der Waals surface area contributed by atoms with Gasteiger partial charge in [0.05, 0.1) is 11.0 Å². The van der Waals surface area contributed by atoms with E-state index in [4.69, 9.17) is 0 Å². The van der Waals surface area contributed by atoms with Gasteiger partial charge >= 0.3 is 0 Å². The van der Waals surface area contributed by atoms with E-state index in [-0.39, 0.29) is 23.1 Å². The largest absolute Gasteiger partial charge is 0.393 e. The molecule has 0 bridgehead atoms. The SMILES string of the molecule is CNc1ccc([N+](=O)[O-])c(C(=O)N2CCC(C(C)O)C2)c1. The number of nitro benzene ring substituents is 1. The molecule has 2 rings (SSSR count). The third-order valence-electron chi connectivity index (χ3n) is 3.91. The summed E-state index contributed by atoms with van der Waals surface area (Å²) in [6.07, 6.45) is 0.226. The Hall–Kier alpha value is -2.15. The fourth-order valence-corrected chi connectivity index (χ4v) is 2.56. The molecule has 1 aromatic rings. The van der Waals surface area contributed by atoms with Crippen LogP contribution >= 0.6 is 0 Å². The Labute approximate surface area is 122 Å². The zero-order valence-corrected chi connectivity index (χ0v) is 12.1. The molecule has 0 spiro atoms. The van der Waals surface area contributed by atoms with E-state index in [1.165, 1.54) is 12.1 Å². The first kappa shape index (κ1) is 15.2. The molecular formula is C14H19N3O4. The van der Waals surface area contributed by atoms with Gasteiger partial charge in [0.15, 0.2) is 0 Å². The molecule has 0 radical (unpaired) electrons. The van der Waals surface area contributed by atoms with Crippen LogP contribution in [0.1, 0.15) is 23.7 Å². The molecule has 2 atom stereocenters. The van der Waals surface area contributed by atoms with Crippen LogP contribution in [0.2, 0.25) is 0 Å². The maximum atomic E-state index is 12.5. The number of aliphatic hydroxyl groups excluding tert-OH is 1. The normalized spacial score (nSPS) is 19.4. The maximum absolute atomic E-state index is 12.5. The number of hydrogen-bond acceptors (Lipinski definition) is 5. The molecule has 1 heterocycles. The van der Waals surface area contributed by atoms with Crippen molar-refractivity contribution >= 4 is 17.3 Å². The van der Waals surface area contributed by atoms with E-state index in [2.05, 4.69) is 5.32 Å². The monoisotopic (exact) mass is 293 g/mol. The molecule has 1 saturated heterocycles. The molecule has 0 aromatic heterocycles. The number of nitrogens with one attached hydrogen (secondary N) is 1. The van der Waals surface area contributed by atoms with Crippen LogP contribution in [0.4, 0.5) is 11.4 Å². The van der Waals surface area contributed by atoms with E-state index < -0.39 is 11.0 Å². The molecule has 2 unspecified atom stereocenters. The number of anilines is 1. The summed E-state index contributed by atoms with van der Waals surface area (Å²) in [5.41, 5.74) is 0.535. The number of benzene rings is 1. The van der Waals surface area contributed by atoms with Crippen molar-refractivity contribution in [1.82, 2.24) is 4.90 Å². The molecule has 114 valence electrons. The van der Waals surface area contributed by atoms with Gasteiger partial charge in [-0.15, -0.1) is 0 Å². The minimum absolute atomic E-state index is 0.0282. The summed E-state index contributed by atoms with van der Waals surface area (Å²) in [5.74, 6) is -0.331. The van der Waals surface area contributed by atoms with E-state index >= 15 is 0 Å². The van der Waals surface area contributed by atoms with Crippen molar-refractivity contribution in [2.45, 2.75) is 19.4 Å². The molecule has 1 aromatic carbocycles. The maximum Gasteiger partial charge on any atom is 0.282 e. The Kier molecular flexibility index (Phi) is 4.42. The number of amides is 1. The zero-order valence-electron chi connectivity index (χ0n) is 12.1. The van der Waals surface area contributed by atoms with Crippen LogP contribution in [0, 0.1) is 16.0 Å². The Morgan fingerprint density at radius 1 is 1.57 bits per heavy atom. The number of likely N-dealkylation sites (tertiary alicyclic amines) is 1. The highest BCUT2D eigenvalue weighted by atomic mass is 16.6. The third kappa shape index (κ3) is 3.13. The number of nitro groups is 1. The molecule has 7 heteroatoms. The van der Waals surface area contributed by atoms with Crippen molar-refractivity contribution in [2.24, 2.45) is 5.92 Å². The summed E-state index contributed by atoms with van der Waals surface area (Å²) < 4.78 is 0. The van der Waals surface area contributed by atoms with Gasteiger partial charge < -0.3 is 15.3 Å². The lowest BCUT2D eigenvalue weighted by atomic mass is 10.0. The van der Waals surface area contributed by atoms with Gasteiger partial charge in [-0.05, 0) is 25.5 Å². The molecule has 7 nitrogen and oxygen atoms in total. The summed E-state index contributed by atoms with van der Waals surface area (Å²) in [4.78, 5) is 24.6. The van der Waals surface area contributed by atoms with Gasteiger partial charge in [0.1, 0.15) is 5.56 Å². The van der Waals surface area contributed by atoms with Gasteiger partial charge in [-0.3, -0.25) is 14.9 Å². The highest BCUT2D eigenvalue weighted by Gasteiger charge is 2.32. The smallest absolute Gasteiger partial charge is 0.282 e. The fourth-order valence-electron chi connectivity index (χ4n) is 2.56. The van der Waals surface area contributed by atoms with Crippen molar-refractivity contribution in [2.75, 3.05) is 25.5 Å². The molecular weight excluding hydrogens is 274 g/mol. The number of carbonyl (C=O) groups is 1. The van der Waals surface area contributed by atoms with Gasteiger partial charge in [0, 0.05) is 37.8 Å². The average molecular weight is 293 g/mol. The standard InChI is InChI=1S/C14H19N3O4/c1-9(18)10-5-6-16(8-10)14(19)12-7-11(15-2)3-4-13(12)17(20)21/h3-4,7,9-10,15,18H,5-6,8H2,1-2H3. The van der Waals surface area contributed by atoms with Crippen LogP contribution in [-0.2, 0) is 0 Å². The first-order chi connectivity index (χ1) is 9.93. The summed E-state index contributed by atoms with van der Waals surface area (Å²) in [5, 5.41) is 23.6. The molecule has 1 aliphatic rings. The Bertz CT molecular complexity index is 559. The van der Waals surface area contributed by atoms with E-state index in [9.17, 15) is 20.0 Å². The Morgan fingerprint density at radius 2 is 2.29 bits per heavy atom. The molecule has 21 heavy (non-hydrogen) atoms. The Balaban J connectivity index is 2.28. The quantitative estimate of drug-likeness (QED) is 0.647. The third-order valence-corrected chi connectivity index (χ3v) is 3.91. The van der Waals surface area contributed by atoms with E-state index in [0.717, 1.165) is 0 Å². The van der Waals surface area contributed by atoms with Crippen molar-refractivity contribution < 1.29 is 14.8 Å². The number of aliphatic hydroxyl groups is 1. The van der Waals surface area contributed by atoms with Gasteiger partial charge in [-0.1, -0.05) is 0 Å². The topological polar surface area (TPSA) is 95.7 Å². The Morgan fingerprint density at radius 3 is 2.81 bits per heavy atom. The van der Waals surface area contributed by atoms with Gasteiger partial charge in [0.2, 0.25) is 0 Å². The molecule has 0 saturated carbocycles. The van der Waals surface area contributed by atoms with Crippen LogP contribution in [0.5, 0.6) is 0 Å². The highest BCUT2D eigenvalue weighted by Crippen LogP contribution is 2.27. The highest BCUT2D eigenvalue weighted by molar-refractivity contribution is 5.99. The average Bonchev–Trinajstić information content (AvgIpc) is 2.95. The predicted molar refractivity (Wildman–Crippen MR) is 78.3 cm³/mol. The number of hydrogen-bond donors (Lipinski definition) is 2. The van der Waals surface area contributed by atoms with Gasteiger partial charge in [-0.25, -0.2) is 0 Å². The first-order valence-corrected chi connectivity index (χ1v) is 6.87. The second kappa shape index (κ2) is 6.09. The van der Waals surface area contributed by atoms with Crippen molar-refractivity contribution in [3.05, 3.63) is 33.9 Å².